The molecule has 0 bridgehead atoms. The van der Waals surface area contributed by atoms with Gasteiger partial charge in [-0.25, -0.2) is 0 Å². The molecule has 2 N–H and O–H groups in total. The van der Waals surface area contributed by atoms with E-state index in [0.717, 1.165) is 30.9 Å². The molecule has 5 nitrogen and oxygen atoms in total. The number of rotatable bonds is 10. The van der Waals surface area contributed by atoms with Crippen LogP contribution in [0.1, 0.15) is 50.6 Å². The highest BCUT2D eigenvalue weighted by Gasteiger charge is 2.20. The molecule has 1 aromatic rings. The zero-order valence-electron chi connectivity index (χ0n) is 11.6. The smallest absolute Gasteiger partial charge is 0.0964 e. The van der Waals surface area contributed by atoms with Crippen LogP contribution in [0.4, 0.5) is 0 Å². The minimum Gasteiger partial charge on any atom is -0.314 e. The maximum absolute atomic E-state index is 4.20. The zero-order chi connectivity index (χ0) is 12.9. The summed E-state index contributed by atoms with van der Waals surface area (Å²) >= 11 is 0. The SMILES string of the molecule is c1c(CNC2CC2)nnn1CCCCCNC1CC1. The summed E-state index contributed by atoms with van der Waals surface area (Å²) in [5.41, 5.74) is 1.07. The third-order valence-corrected chi connectivity index (χ3v) is 3.81. The fourth-order valence-electron chi connectivity index (χ4n) is 2.23. The van der Waals surface area contributed by atoms with E-state index in [4.69, 9.17) is 0 Å². The van der Waals surface area contributed by atoms with Gasteiger partial charge in [-0.05, 0) is 45.1 Å². The highest BCUT2D eigenvalue weighted by Crippen LogP contribution is 2.19. The summed E-state index contributed by atoms with van der Waals surface area (Å²) in [6, 6.07) is 1.58. The van der Waals surface area contributed by atoms with Crippen LogP contribution in [0.2, 0.25) is 0 Å². The largest absolute Gasteiger partial charge is 0.314 e. The molecule has 2 fully saturated rings. The molecule has 19 heavy (non-hydrogen) atoms. The lowest BCUT2D eigenvalue weighted by molar-refractivity contribution is 0.517. The van der Waals surface area contributed by atoms with Gasteiger partial charge in [-0.2, -0.15) is 0 Å². The van der Waals surface area contributed by atoms with Crippen molar-refractivity contribution in [3.63, 3.8) is 0 Å². The molecule has 3 rings (SSSR count). The third kappa shape index (κ3) is 4.91. The topological polar surface area (TPSA) is 54.8 Å². The van der Waals surface area contributed by atoms with Gasteiger partial charge in [0.15, 0.2) is 0 Å². The Balaban J connectivity index is 1.24. The number of aromatic nitrogens is 3. The number of nitrogens with one attached hydrogen (secondary N) is 2. The van der Waals surface area contributed by atoms with Crippen LogP contribution in [0, 0.1) is 0 Å². The Bertz CT molecular complexity index is 381. The molecule has 5 heteroatoms. The van der Waals surface area contributed by atoms with Crippen LogP contribution in [0.15, 0.2) is 6.20 Å². The average molecular weight is 263 g/mol. The van der Waals surface area contributed by atoms with Crippen molar-refractivity contribution in [3.05, 3.63) is 11.9 Å². The third-order valence-electron chi connectivity index (χ3n) is 3.81. The fourth-order valence-corrected chi connectivity index (χ4v) is 2.23. The molecule has 106 valence electrons. The van der Waals surface area contributed by atoms with E-state index in [2.05, 4.69) is 27.1 Å². The van der Waals surface area contributed by atoms with Gasteiger partial charge >= 0.3 is 0 Å². The summed E-state index contributed by atoms with van der Waals surface area (Å²) in [5.74, 6) is 0. The van der Waals surface area contributed by atoms with Gasteiger partial charge in [-0.3, -0.25) is 4.68 Å². The quantitative estimate of drug-likeness (QED) is 0.627. The predicted octanol–water partition coefficient (Wildman–Crippen LogP) is 1.45. The Morgan fingerprint density at radius 3 is 2.63 bits per heavy atom. The summed E-state index contributed by atoms with van der Waals surface area (Å²) in [5, 5.41) is 15.4. The summed E-state index contributed by atoms with van der Waals surface area (Å²) in [7, 11) is 0. The molecule has 2 aliphatic carbocycles. The molecule has 1 aromatic heterocycles. The highest BCUT2D eigenvalue weighted by atomic mass is 15.4. The first-order chi connectivity index (χ1) is 9.40. The number of nitrogens with zero attached hydrogens (tertiary/aromatic N) is 3. The van der Waals surface area contributed by atoms with Crippen LogP contribution in [0.3, 0.4) is 0 Å². The van der Waals surface area contributed by atoms with Crippen molar-refractivity contribution in [2.45, 2.75) is 70.1 Å². The molecule has 0 spiro atoms. The van der Waals surface area contributed by atoms with E-state index in [0.29, 0.717) is 0 Å². The van der Waals surface area contributed by atoms with Crippen LogP contribution >= 0.6 is 0 Å². The Kier molecular flexibility index (Phi) is 4.45. The second kappa shape index (κ2) is 6.48. The normalized spacial score (nSPS) is 18.9. The molecule has 1 heterocycles. The Morgan fingerprint density at radius 1 is 1.05 bits per heavy atom. The van der Waals surface area contributed by atoms with Crippen LogP contribution in [0.5, 0.6) is 0 Å². The summed E-state index contributed by atoms with van der Waals surface area (Å²) < 4.78 is 1.98. The molecule has 0 saturated heterocycles. The van der Waals surface area contributed by atoms with Gasteiger partial charge in [0.05, 0.1) is 5.69 Å². The molecule has 0 radical (unpaired) electrons. The number of hydrogen-bond donors (Lipinski definition) is 2. The summed E-state index contributed by atoms with van der Waals surface area (Å²) in [6.07, 6.45) is 11.2. The lowest BCUT2D eigenvalue weighted by atomic mass is 10.2. The van der Waals surface area contributed by atoms with E-state index in [-0.39, 0.29) is 0 Å². The van der Waals surface area contributed by atoms with E-state index in [1.165, 1.54) is 51.5 Å². The average Bonchev–Trinajstić information content (AvgIpc) is 3.33. The predicted molar refractivity (Wildman–Crippen MR) is 74.8 cm³/mol. The molecular formula is C14H25N5. The van der Waals surface area contributed by atoms with Gasteiger partial charge in [-0.1, -0.05) is 11.6 Å². The molecule has 0 aliphatic heterocycles. The first-order valence-corrected chi connectivity index (χ1v) is 7.76. The minimum absolute atomic E-state index is 0.740. The van der Waals surface area contributed by atoms with Gasteiger partial charge in [0.25, 0.3) is 0 Å². The lowest BCUT2D eigenvalue weighted by Crippen LogP contribution is -2.17. The van der Waals surface area contributed by atoms with Crippen LogP contribution in [-0.4, -0.2) is 33.6 Å². The van der Waals surface area contributed by atoms with Crippen molar-refractivity contribution in [2.24, 2.45) is 0 Å². The van der Waals surface area contributed by atoms with E-state index in [1.807, 2.05) is 4.68 Å². The first kappa shape index (κ1) is 13.1. The van der Waals surface area contributed by atoms with Crippen molar-refractivity contribution in [3.8, 4) is 0 Å². The van der Waals surface area contributed by atoms with Crippen molar-refractivity contribution in [1.29, 1.82) is 0 Å². The monoisotopic (exact) mass is 263 g/mol. The van der Waals surface area contributed by atoms with Crippen molar-refractivity contribution >= 4 is 0 Å². The molecule has 2 aliphatic rings. The van der Waals surface area contributed by atoms with E-state index in [9.17, 15) is 0 Å². The van der Waals surface area contributed by atoms with Gasteiger partial charge in [0, 0.05) is 31.4 Å². The standard InChI is InChI=1S/C14H25N5/c1(2-8-15-12-4-5-12)3-9-19-11-14(17-18-19)10-16-13-6-7-13/h11-13,15-16H,1-10H2. The maximum Gasteiger partial charge on any atom is 0.0964 e. The highest BCUT2D eigenvalue weighted by molar-refractivity contribution is 4.94. The molecule has 0 amide bonds. The van der Waals surface area contributed by atoms with Crippen molar-refractivity contribution < 1.29 is 0 Å². The van der Waals surface area contributed by atoms with Gasteiger partial charge < -0.3 is 10.6 Å². The van der Waals surface area contributed by atoms with Gasteiger partial charge in [0.2, 0.25) is 0 Å². The fraction of sp³-hybridized carbons (Fsp3) is 0.857. The Morgan fingerprint density at radius 2 is 1.84 bits per heavy atom. The Labute approximate surface area is 115 Å². The van der Waals surface area contributed by atoms with Crippen LogP contribution in [0.25, 0.3) is 0 Å². The lowest BCUT2D eigenvalue weighted by Gasteiger charge is -2.02. The number of aryl methyl sites for hydroxylation is 1. The second-order valence-corrected chi connectivity index (χ2v) is 5.92. The molecular weight excluding hydrogens is 238 g/mol. The zero-order valence-corrected chi connectivity index (χ0v) is 11.6. The van der Waals surface area contributed by atoms with Gasteiger partial charge in [0.1, 0.15) is 0 Å². The van der Waals surface area contributed by atoms with Gasteiger partial charge in [-0.15, -0.1) is 5.10 Å². The summed E-state index contributed by atoms with van der Waals surface area (Å²) in [4.78, 5) is 0. The molecule has 0 atom stereocenters. The number of hydrogen-bond acceptors (Lipinski definition) is 4. The maximum atomic E-state index is 4.20. The van der Waals surface area contributed by atoms with Crippen LogP contribution < -0.4 is 10.6 Å². The number of unbranched alkanes of at least 4 members (excludes halogenated alkanes) is 2. The molecule has 0 aromatic carbocycles. The van der Waals surface area contributed by atoms with E-state index >= 15 is 0 Å². The molecule has 0 unspecified atom stereocenters. The molecule has 2 saturated carbocycles. The summed E-state index contributed by atoms with van der Waals surface area (Å²) in [6.45, 7) is 3.05. The Hall–Kier alpha value is -0.940. The van der Waals surface area contributed by atoms with Crippen molar-refractivity contribution in [2.75, 3.05) is 6.54 Å². The van der Waals surface area contributed by atoms with E-state index < -0.39 is 0 Å². The minimum atomic E-state index is 0.740. The second-order valence-electron chi connectivity index (χ2n) is 5.92. The van der Waals surface area contributed by atoms with Crippen molar-refractivity contribution in [1.82, 2.24) is 25.6 Å². The first-order valence-electron chi connectivity index (χ1n) is 7.76. The van der Waals surface area contributed by atoms with E-state index in [1.54, 1.807) is 0 Å². The van der Waals surface area contributed by atoms with Crippen LogP contribution in [-0.2, 0) is 13.1 Å².